The van der Waals surface area contributed by atoms with Crippen molar-refractivity contribution in [2.75, 3.05) is 6.61 Å². The average Bonchev–Trinajstić information content (AvgIpc) is 3.08. The molecule has 1 saturated heterocycles. The molecule has 3 heterocycles. The largest absolute Gasteiger partial charge is 0.376 e. The summed E-state index contributed by atoms with van der Waals surface area (Å²) in [7, 11) is 0. The van der Waals surface area contributed by atoms with Crippen LogP contribution in [0.15, 0.2) is 30.5 Å². The Morgan fingerprint density at radius 3 is 3.08 bits per heavy atom. The maximum Gasteiger partial charge on any atom is 0.176 e. The molecule has 0 spiro atoms. The van der Waals surface area contributed by atoms with Crippen molar-refractivity contribution in [3.63, 3.8) is 0 Å². The van der Waals surface area contributed by atoms with Gasteiger partial charge in [-0.15, -0.1) is 0 Å². The molecule has 5 nitrogen and oxygen atoms in total. The first-order chi connectivity index (χ1) is 11.5. The molecule has 0 aliphatic carbocycles. The quantitative estimate of drug-likeness (QED) is 0.799. The lowest BCUT2D eigenvalue weighted by Crippen LogP contribution is -2.33. The van der Waals surface area contributed by atoms with Gasteiger partial charge in [0.2, 0.25) is 0 Å². The smallest absolute Gasteiger partial charge is 0.176 e. The lowest BCUT2D eigenvalue weighted by molar-refractivity contribution is -0.0602. The molecule has 3 aromatic rings. The fourth-order valence-corrected chi connectivity index (χ4v) is 3.45. The van der Waals surface area contributed by atoms with Gasteiger partial charge in [0.25, 0.3) is 0 Å². The zero-order valence-corrected chi connectivity index (χ0v) is 13.9. The van der Waals surface area contributed by atoms with Gasteiger partial charge in [0.15, 0.2) is 5.65 Å². The first-order valence-electron chi connectivity index (χ1n) is 8.30. The number of fused-ring (bicyclic) bond motifs is 1. The normalized spacial score (nSPS) is 20.5. The number of halogens is 1. The predicted octanol–water partition coefficient (Wildman–Crippen LogP) is 3.62. The van der Waals surface area contributed by atoms with Gasteiger partial charge in [0.05, 0.1) is 18.3 Å². The summed E-state index contributed by atoms with van der Waals surface area (Å²) in [5.41, 5.74) is 2.50. The highest BCUT2D eigenvalue weighted by atomic mass is 19.1. The molecule has 0 bridgehead atoms. The molecule has 126 valence electrons. The van der Waals surface area contributed by atoms with E-state index in [-0.39, 0.29) is 11.4 Å². The summed E-state index contributed by atoms with van der Waals surface area (Å²) in [4.78, 5) is 8.17. The van der Waals surface area contributed by atoms with Gasteiger partial charge in [-0.05, 0) is 44.4 Å². The van der Waals surface area contributed by atoms with Gasteiger partial charge in [0.1, 0.15) is 17.2 Å². The standard InChI is InChI=1S/C18H21FN4O/c1-18(2)9-13(6-7-24-18)16-21-15-10-20-23(17(15)22-16)11-12-4-3-5-14(19)8-12/h3-5,8,10,13H,6-7,9,11H2,1-2H3,(H,21,22). The van der Waals surface area contributed by atoms with Crippen molar-refractivity contribution in [3.8, 4) is 0 Å². The number of rotatable bonds is 3. The maximum absolute atomic E-state index is 13.4. The number of aromatic amines is 1. The minimum Gasteiger partial charge on any atom is -0.376 e. The number of benzene rings is 1. The number of imidazole rings is 1. The lowest BCUT2D eigenvalue weighted by atomic mass is 9.88. The molecule has 0 saturated carbocycles. The third-order valence-corrected chi connectivity index (χ3v) is 4.61. The Bertz CT molecular complexity index is 867. The Hall–Kier alpha value is -2.21. The fourth-order valence-electron chi connectivity index (χ4n) is 3.45. The second kappa shape index (κ2) is 5.70. The van der Waals surface area contributed by atoms with Crippen LogP contribution in [0.2, 0.25) is 0 Å². The summed E-state index contributed by atoms with van der Waals surface area (Å²) >= 11 is 0. The van der Waals surface area contributed by atoms with Crippen molar-refractivity contribution >= 4 is 11.2 Å². The van der Waals surface area contributed by atoms with Gasteiger partial charge in [-0.1, -0.05) is 12.1 Å². The average molecular weight is 328 g/mol. The van der Waals surface area contributed by atoms with Crippen LogP contribution in [0.25, 0.3) is 11.2 Å². The second-order valence-corrected chi connectivity index (χ2v) is 7.09. The third-order valence-electron chi connectivity index (χ3n) is 4.61. The highest BCUT2D eigenvalue weighted by Crippen LogP contribution is 2.35. The molecule has 0 amide bonds. The van der Waals surface area contributed by atoms with Crippen molar-refractivity contribution in [2.45, 2.75) is 44.8 Å². The molecular weight excluding hydrogens is 307 g/mol. The summed E-state index contributed by atoms with van der Waals surface area (Å²) < 4.78 is 21.0. The van der Waals surface area contributed by atoms with Gasteiger partial charge < -0.3 is 9.72 Å². The van der Waals surface area contributed by atoms with E-state index in [4.69, 9.17) is 9.72 Å². The van der Waals surface area contributed by atoms with E-state index in [0.29, 0.717) is 12.5 Å². The Balaban J connectivity index is 1.61. The molecule has 6 heteroatoms. The fraction of sp³-hybridized carbons (Fsp3) is 0.444. The SMILES string of the molecule is CC1(C)CC(c2nc3c(cnn3Cc3cccc(F)c3)[nH]2)CCO1. The molecule has 24 heavy (non-hydrogen) atoms. The maximum atomic E-state index is 13.4. The zero-order valence-electron chi connectivity index (χ0n) is 13.9. The number of H-pyrrole nitrogens is 1. The Morgan fingerprint density at radius 1 is 1.42 bits per heavy atom. The molecule has 1 N–H and O–H groups in total. The first-order valence-corrected chi connectivity index (χ1v) is 8.30. The minimum absolute atomic E-state index is 0.116. The van der Waals surface area contributed by atoms with E-state index in [1.807, 2.05) is 10.7 Å². The Labute approximate surface area is 139 Å². The molecule has 1 atom stereocenters. The topological polar surface area (TPSA) is 55.7 Å². The van der Waals surface area contributed by atoms with Crippen molar-refractivity contribution in [1.29, 1.82) is 0 Å². The predicted molar refractivity (Wildman–Crippen MR) is 89.4 cm³/mol. The van der Waals surface area contributed by atoms with E-state index in [1.165, 1.54) is 12.1 Å². The molecule has 1 aliphatic rings. The molecule has 1 unspecified atom stereocenters. The number of ether oxygens (including phenoxy) is 1. The van der Waals surface area contributed by atoms with Gasteiger partial charge in [0, 0.05) is 12.5 Å². The van der Waals surface area contributed by atoms with Gasteiger partial charge in [-0.25, -0.2) is 14.1 Å². The highest BCUT2D eigenvalue weighted by molar-refractivity contribution is 5.70. The number of nitrogens with one attached hydrogen (secondary N) is 1. The van der Waals surface area contributed by atoms with E-state index in [1.54, 1.807) is 12.3 Å². The minimum atomic E-state index is -0.233. The third kappa shape index (κ3) is 2.94. The van der Waals surface area contributed by atoms with Gasteiger partial charge in [-0.2, -0.15) is 5.10 Å². The molecule has 0 radical (unpaired) electrons. The highest BCUT2D eigenvalue weighted by Gasteiger charge is 2.31. The van der Waals surface area contributed by atoms with Crippen LogP contribution in [-0.4, -0.2) is 32.0 Å². The summed E-state index contributed by atoms with van der Waals surface area (Å²) in [5.74, 6) is 1.12. The van der Waals surface area contributed by atoms with E-state index in [9.17, 15) is 4.39 Å². The van der Waals surface area contributed by atoms with E-state index in [0.717, 1.165) is 42.0 Å². The van der Waals surface area contributed by atoms with Crippen molar-refractivity contribution in [3.05, 3.63) is 47.7 Å². The van der Waals surface area contributed by atoms with E-state index >= 15 is 0 Å². The van der Waals surface area contributed by atoms with Crippen LogP contribution in [0.1, 0.15) is 44.0 Å². The molecule has 1 aromatic carbocycles. The molecule has 4 rings (SSSR count). The van der Waals surface area contributed by atoms with E-state index < -0.39 is 0 Å². The molecule has 2 aromatic heterocycles. The summed E-state index contributed by atoms with van der Waals surface area (Å²) in [6.45, 7) is 5.50. The lowest BCUT2D eigenvalue weighted by Gasteiger charge is -2.34. The van der Waals surface area contributed by atoms with Crippen LogP contribution < -0.4 is 0 Å². The van der Waals surface area contributed by atoms with Crippen LogP contribution in [0.5, 0.6) is 0 Å². The second-order valence-electron chi connectivity index (χ2n) is 7.09. The van der Waals surface area contributed by atoms with Gasteiger partial charge in [-0.3, -0.25) is 0 Å². The van der Waals surface area contributed by atoms with Gasteiger partial charge >= 0.3 is 0 Å². The van der Waals surface area contributed by atoms with Crippen LogP contribution in [0.3, 0.4) is 0 Å². The van der Waals surface area contributed by atoms with Crippen LogP contribution >= 0.6 is 0 Å². The Morgan fingerprint density at radius 2 is 2.29 bits per heavy atom. The summed E-state index contributed by atoms with van der Waals surface area (Å²) in [6, 6.07) is 6.58. The molecular formula is C18H21FN4O. The first kappa shape index (κ1) is 15.3. The number of nitrogens with zero attached hydrogens (tertiary/aromatic N) is 3. The van der Waals surface area contributed by atoms with E-state index in [2.05, 4.69) is 23.9 Å². The Kier molecular flexibility index (Phi) is 3.64. The van der Waals surface area contributed by atoms with Crippen molar-refractivity contribution in [1.82, 2.24) is 19.7 Å². The molecule has 1 aliphatic heterocycles. The van der Waals surface area contributed by atoms with Crippen molar-refractivity contribution in [2.24, 2.45) is 0 Å². The number of hydrogen-bond donors (Lipinski definition) is 1. The monoisotopic (exact) mass is 328 g/mol. The van der Waals surface area contributed by atoms with Crippen LogP contribution in [0, 0.1) is 5.82 Å². The number of hydrogen-bond acceptors (Lipinski definition) is 3. The zero-order chi connectivity index (χ0) is 16.7. The van der Waals surface area contributed by atoms with Crippen LogP contribution in [-0.2, 0) is 11.3 Å². The van der Waals surface area contributed by atoms with Crippen molar-refractivity contribution < 1.29 is 9.13 Å². The van der Waals surface area contributed by atoms with Crippen LogP contribution in [0.4, 0.5) is 4.39 Å². The number of aromatic nitrogens is 4. The summed E-state index contributed by atoms with van der Waals surface area (Å²) in [6.07, 6.45) is 3.70. The summed E-state index contributed by atoms with van der Waals surface area (Å²) in [5, 5.41) is 4.37. The molecule has 1 fully saturated rings.